The summed E-state index contributed by atoms with van der Waals surface area (Å²) in [6.45, 7) is 4.51. The second-order valence-electron chi connectivity index (χ2n) is 6.62. The Hall–Kier alpha value is -1.93. The first-order chi connectivity index (χ1) is 12.8. The van der Waals surface area contributed by atoms with Crippen LogP contribution in [0.3, 0.4) is 0 Å². The van der Waals surface area contributed by atoms with Gasteiger partial charge in [0.25, 0.3) is 10.2 Å². The first kappa shape index (κ1) is 19.8. The minimum absolute atomic E-state index is 0.201. The van der Waals surface area contributed by atoms with Crippen LogP contribution in [0.2, 0.25) is 5.02 Å². The van der Waals surface area contributed by atoms with Crippen molar-refractivity contribution >= 4 is 33.4 Å². The van der Waals surface area contributed by atoms with Crippen LogP contribution in [0.1, 0.15) is 16.7 Å². The molecule has 0 unspecified atom stereocenters. The Kier molecular flexibility index (Phi) is 5.86. The molecule has 0 spiro atoms. The molecule has 1 N–H and O–H groups in total. The summed E-state index contributed by atoms with van der Waals surface area (Å²) in [7, 11) is -3.67. The van der Waals surface area contributed by atoms with Crippen LogP contribution in [0, 0.1) is 13.8 Å². The molecule has 0 atom stereocenters. The lowest BCUT2D eigenvalue weighted by Gasteiger charge is -2.19. The quantitative estimate of drug-likeness (QED) is 0.828. The molecule has 8 heteroatoms. The Balaban J connectivity index is 1.66. The Morgan fingerprint density at radius 1 is 1.04 bits per heavy atom. The van der Waals surface area contributed by atoms with Crippen molar-refractivity contribution in [1.82, 2.24) is 8.61 Å². The number of anilines is 1. The molecule has 27 heavy (non-hydrogen) atoms. The van der Waals surface area contributed by atoms with Gasteiger partial charge in [-0.1, -0.05) is 41.9 Å². The van der Waals surface area contributed by atoms with Gasteiger partial charge in [0.15, 0.2) is 0 Å². The summed E-state index contributed by atoms with van der Waals surface area (Å²) in [4.78, 5) is 12.4. The monoisotopic (exact) mass is 407 g/mol. The van der Waals surface area contributed by atoms with Crippen molar-refractivity contribution in [3.05, 3.63) is 64.2 Å². The predicted molar refractivity (Wildman–Crippen MR) is 107 cm³/mol. The number of rotatable bonds is 5. The summed E-state index contributed by atoms with van der Waals surface area (Å²) in [6.07, 6.45) is 0. The van der Waals surface area contributed by atoms with E-state index in [1.165, 1.54) is 8.61 Å². The lowest BCUT2D eigenvalue weighted by molar-refractivity contribution is -0.116. The van der Waals surface area contributed by atoms with Crippen LogP contribution >= 0.6 is 11.6 Å². The third-order valence-electron chi connectivity index (χ3n) is 4.59. The highest BCUT2D eigenvalue weighted by molar-refractivity contribution is 7.87. The van der Waals surface area contributed by atoms with E-state index in [1.54, 1.807) is 24.3 Å². The van der Waals surface area contributed by atoms with Gasteiger partial charge in [-0.05, 0) is 42.7 Å². The van der Waals surface area contributed by atoms with Gasteiger partial charge in [-0.3, -0.25) is 4.79 Å². The number of para-hydroxylation sites is 1. The molecule has 6 nitrogen and oxygen atoms in total. The fraction of sp³-hybridized carbons (Fsp3) is 0.316. The highest BCUT2D eigenvalue weighted by Gasteiger charge is 2.37. The van der Waals surface area contributed by atoms with Crippen molar-refractivity contribution in [2.75, 3.05) is 25.0 Å². The minimum atomic E-state index is -3.67. The number of halogens is 1. The average molecular weight is 408 g/mol. The molecule has 0 aliphatic carbocycles. The van der Waals surface area contributed by atoms with Crippen LogP contribution in [-0.2, 0) is 21.5 Å². The zero-order chi connectivity index (χ0) is 19.6. The van der Waals surface area contributed by atoms with Crippen molar-refractivity contribution in [2.24, 2.45) is 0 Å². The highest BCUT2D eigenvalue weighted by Crippen LogP contribution is 2.22. The molecule has 1 amide bonds. The maximum absolute atomic E-state index is 12.7. The smallest absolute Gasteiger partial charge is 0.282 e. The van der Waals surface area contributed by atoms with Crippen molar-refractivity contribution in [3.8, 4) is 0 Å². The number of nitrogens with one attached hydrogen (secondary N) is 1. The van der Waals surface area contributed by atoms with Crippen LogP contribution in [-0.4, -0.2) is 42.6 Å². The van der Waals surface area contributed by atoms with E-state index < -0.39 is 10.2 Å². The number of amides is 1. The van der Waals surface area contributed by atoms with Crippen LogP contribution in [0.25, 0.3) is 0 Å². The van der Waals surface area contributed by atoms with E-state index in [0.717, 1.165) is 22.4 Å². The molecule has 1 heterocycles. The second kappa shape index (κ2) is 7.98. The molecule has 2 aromatic rings. The first-order valence-electron chi connectivity index (χ1n) is 8.63. The standard InChI is InChI=1S/C19H22ClN3O3S/c1-14-4-3-5-15(2)19(14)21-18(24)13-23-11-10-22(27(23,25)26)12-16-6-8-17(20)9-7-16/h3-9H,10-13H2,1-2H3,(H,21,24). The number of hydrogen-bond donors (Lipinski definition) is 1. The van der Waals surface area contributed by atoms with E-state index in [2.05, 4.69) is 5.32 Å². The van der Waals surface area contributed by atoms with E-state index in [9.17, 15) is 13.2 Å². The molecule has 1 saturated heterocycles. The van der Waals surface area contributed by atoms with Gasteiger partial charge in [-0.25, -0.2) is 0 Å². The van der Waals surface area contributed by atoms with Gasteiger partial charge in [0.1, 0.15) is 0 Å². The topological polar surface area (TPSA) is 69.7 Å². The molecule has 3 rings (SSSR count). The average Bonchev–Trinajstić information content (AvgIpc) is 2.88. The molecular weight excluding hydrogens is 386 g/mol. The molecule has 1 aliphatic rings. The summed E-state index contributed by atoms with van der Waals surface area (Å²) >= 11 is 5.87. The summed E-state index contributed by atoms with van der Waals surface area (Å²) in [6, 6.07) is 12.8. The third-order valence-corrected chi connectivity index (χ3v) is 6.77. The van der Waals surface area contributed by atoms with E-state index >= 15 is 0 Å². The van der Waals surface area contributed by atoms with Crippen LogP contribution in [0.15, 0.2) is 42.5 Å². The van der Waals surface area contributed by atoms with Gasteiger partial charge in [0.2, 0.25) is 5.91 Å². The number of carbonyl (C=O) groups excluding carboxylic acids is 1. The Bertz CT molecular complexity index is 925. The van der Waals surface area contributed by atoms with Crippen molar-refractivity contribution < 1.29 is 13.2 Å². The van der Waals surface area contributed by atoms with Crippen molar-refractivity contribution in [2.45, 2.75) is 20.4 Å². The molecule has 0 bridgehead atoms. The van der Waals surface area contributed by atoms with Crippen molar-refractivity contribution in [1.29, 1.82) is 0 Å². The van der Waals surface area contributed by atoms with E-state index in [4.69, 9.17) is 11.6 Å². The zero-order valence-corrected chi connectivity index (χ0v) is 16.8. The van der Waals surface area contributed by atoms with Gasteiger partial charge in [0.05, 0.1) is 6.54 Å². The number of nitrogens with zero attached hydrogens (tertiary/aromatic N) is 2. The Morgan fingerprint density at radius 3 is 2.26 bits per heavy atom. The first-order valence-corrected chi connectivity index (χ1v) is 10.4. The molecular formula is C19H22ClN3O3S. The molecule has 0 aromatic heterocycles. The number of aryl methyl sites for hydroxylation is 2. The van der Waals surface area contributed by atoms with E-state index in [0.29, 0.717) is 11.6 Å². The van der Waals surface area contributed by atoms with Crippen LogP contribution in [0.5, 0.6) is 0 Å². The van der Waals surface area contributed by atoms with Gasteiger partial charge in [-0.2, -0.15) is 17.0 Å². The Morgan fingerprint density at radius 2 is 1.63 bits per heavy atom. The molecule has 0 saturated carbocycles. The third kappa shape index (κ3) is 4.50. The largest absolute Gasteiger partial charge is 0.324 e. The summed E-state index contributed by atoms with van der Waals surface area (Å²) in [5, 5.41) is 3.44. The van der Waals surface area contributed by atoms with Gasteiger partial charge in [0, 0.05) is 30.3 Å². The molecule has 2 aromatic carbocycles. The lowest BCUT2D eigenvalue weighted by atomic mass is 10.1. The molecule has 144 valence electrons. The molecule has 0 radical (unpaired) electrons. The Labute approximate surface area is 164 Å². The molecule has 1 fully saturated rings. The van der Waals surface area contributed by atoms with Crippen LogP contribution < -0.4 is 5.32 Å². The zero-order valence-electron chi connectivity index (χ0n) is 15.3. The maximum Gasteiger partial charge on any atom is 0.282 e. The SMILES string of the molecule is Cc1cccc(C)c1NC(=O)CN1CCN(Cc2ccc(Cl)cc2)S1(=O)=O. The fourth-order valence-electron chi connectivity index (χ4n) is 3.08. The van der Waals surface area contributed by atoms with E-state index in [-0.39, 0.29) is 25.5 Å². The fourth-order valence-corrected chi connectivity index (χ4v) is 4.75. The summed E-state index contributed by atoms with van der Waals surface area (Å²) in [5.74, 6) is -0.343. The maximum atomic E-state index is 12.7. The highest BCUT2D eigenvalue weighted by atomic mass is 35.5. The predicted octanol–water partition coefficient (Wildman–Crippen LogP) is 2.96. The van der Waals surface area contributed by atoms with Crippen molar-refractivity contribution in [3.63, 3.8) is 0 Å². The second-order valence-corrected chi connectivity index (χ2v) is 8.98. The van der Waals surface area contributed by atoms with Crippen LogP contribution in [0.4, 0.5) is 5.69 Å². The lowest BCUT2D eigenvalue weighted by Crippen LogP contribution is -2.38. The number of hydrogen-bond acceptors (Lipinski definition) is 3. The number of benzene rings is 2. The van der Waals surface area contributed by atoms with Gasteiger partial charge in [-0.15, -0.1) is 0 Å². The summed E-state index contributed by atoms with van der Waals surface area (Å²) in [5.41, 5.74) is 3.47. The normalized spacial score (nSPS) is 17.1. The molecule has 1 aliphatic heterocycles. The minimum Gasteiger partial charge on any atom is -0.324 e. The van der Waals surface area contributed by atoms with E-state index in [1.807, 2.05) is 32.0 Å². The summed E-state index contributed by atoms with van der Waals surface area (Å²) < 4.78 is 28.1. The number of carbonyl (C=O) groups is 1. The van der Waals surface area contributed by atoms with Gasteiger partial charge >= 0.3 is 0 Å². The van der Waals surface area contributed by atoms with Gasteiger partial charge < -0.3 is 5.32 Å².